The highest BCUT2D eigenvalue weighted by Gasteiger charge is 2.40. The predicted octanol–water partition coefficient (Wildman–Crippen LogP) is 2.77. The Morgan fingerprint density at radius 3 is 2.68 bits per heavy atom. The van der Waals surface area contributed by atoms with E-state index in [0.29, 0.717) is 31.7 Å². The van der Waals surface area contributed by atoms with Gasteiger partial charge in [-0.05, 0) is 64.8 Å². The molecule has 0 radical (unpaired) electrons. The van der Waals surface area contributed by atoms with E-state index in [1.807, 2.05) is 24.3 Å². The third-order valence-corrected chi connectivity index (χ3v) is 9.13. The molecular formula is C25H36N4O4S. The fourth-order valence-electron chi connectivity index (χ4n) is 5.53. The van der Waals surface area contributed by atoms with Crippen molar-refractivity contribution in [3.05, 3.63) is 30.3 Å². The molecule has 0 bridgehead atoms. The van der Waals surface area contributed by atoms with E-state index in [9.17, 15) is 8.42 Å². The topological polar surface area (TPSA) is 84.0 Å². The van der Waals surface area contributed by atoms with Gasteiger partial charge in [0.15, 0.2) is 0 Å². The molecule has 186 valence electrons. The lowest BCUT2D eigenvalue weighted by molar-refractivity contribution is -0.172. The van der Waals surface area contributed by atoms with Crippen LogP contribution in [-0.2, 0) is 19.5 Å². The van der Waals surface area contributed by atoms with Crippen LogP contribution in [0.4, 0.5) is 5.82 Å². The van der Waals surface area contributed by atoms with Gasteiger partial charge in [-0.1, -0.05) is 18.2 Å². The fraction of sp³-hybridized carbons (Fsp3) is 0.640. The highest BCUT2D eigenvalue weighted by Crippen LogP contribution is 2.35. The lowest BCUT2D eigenvalue weighted by atomic mass is 9.82. The number of nitrogens with one attached hydrogen (secondary N) is 1. The zero-order chi connectivity index (χ0) is 23.8. The molecule has 3 aliphatic rings. The molecule has 9 heteroatoms. The summed E-state index contributed by atoms with van der Waals surface area (Å²) in [5, 5.41) is 0.836. The van der Waals surface area contributed by atoms with E-state index in [1.165, 1.54) is 0 Å². The third-order valence-electron chi connectivity index (χ3n) is 7.61. The van der Waals surface area contributed by atoms with Crippen LogP contribution in [0.2, 0.25) is 0 Å². The maximum Gasteiger partial charge on any atom is 0.244 e. The van der Waals surface area contributed by atoms with Crippen LogP contribution in [0, 0.1) is 0 Å². The van der Waals surface area contributed by atoms with E-state index < -0.39 is 10.0 Å². The Balaban J connectivity index is 1.41. The van der Waals surface area contributed by atoms with Crippen molar-refractivity contribution in [3.8, 4) is 0 Å². The van der Waals surface area contributed by atoms with E-state index in [1.54, 1.807) is 6.07 Å². The minimum Gasteiger partial charge on any atom is -0.376 e. The zero-order valence-electron chi connectivity index (χ0n) is 20.2. The highest BCUT2D eigenvalue weighted by atomic mass is 32.2. The summed E-state index contributed by atoms with van der Waals surface area (Å²) in [6.45, 7) is 3.44. The first kappa shape index (κ1) is 23.9. The van der Waals surface area contributed by atoms with Crippen molar-refractivity contribution < 1.29 is 17.9 Å². The lowest BCUT2D eigenvalue weighted by Gasteiger charge is -2.42. The Morgan fingerprint density at radius 1 is 1.15 bits per heavy atom. The molecule has 2 saturated heterocycles. The molecule has 1 atom stereocenters. The van der Waals surface area contributed by atoms with Gasteiger partial charge in [0.25, 0.3) is 0 Å². The molecule has 8 nitrogen and oxygen atoms in total. The van der Waals surface area contributed by atoms with Gasteiger partial charge in [-0.3, -0.25) is 0 Å². The Bertz CT molecular complexity index is 1110. The van der Waals surface area contributed by atoms with Crippen LogP contribution in [0.5, 0.6) is 0 Å². The van der Waals surface area contributed by atoms with Crippen molar-refractivity contribution in [1.29, 1.82) is 0 Å². The molecule has 0 amide bonds. The van der Waals surface area contributed by atoms with Crippen LogP contribution < -0.4 is 9.62 Å². The van der Waals surface area contributed by atoms with Crippen molar-refractivity contribution >= 4 is 26.7 Å². The number of likely N-dealkylation sites (N-methyl/N-ethyl adjacent to an activating group) is 1. The summed E-state index contributed by atoms with van der Waals surface area (Å²) in [6, 6.07) is 9.79. The van der Waals surface area contributed by atoms with Crippen LogP contribution in [0.1, 0.15) is 38.5 Å². The molecule has 1 aromatic carbocycles. The first-order valence-electron chi connectivity index (χ1n) is 12.4. The third kappa shape index (κ3) is 4.95. The average Bonchev–Trinajstić information content (AvgIpc) is 2.85. The molecule has 1 unspecified atom stereocenters. The second-order valence-corrected chi connectivity index (χ2v) is 11.9. The Morgan fingerprint density at radius 2 is 1.94 bits per heavy atom. The van der Waals surface area contributed by atoms with Gasteiger partial charge in [-0.25, -0.2) is 18.1 Å². The van der Waals surface area contributed by atoms with Crippen molar-refractivity contribution in [1.82, 2.24) is 14.6 Å². The zero-order valence-corrected chi connectivity index (χ0v) is 21.0. The molecule has 2 aromatic rings. The predicted molar refractivity (Wildman–Crippen MR) is 133 cm³/mol. The number of sulfonamides is 1. The second kappa shape index (κ2) is 9.70. The molecule has 34 heavy (non-hydrogen) atoms. The summed E-state index contributed by atoms with van der Waals surface area (Å²) in [5.41, 5.74) is 0.572. The van der Waals surface area contributed by atoms with Crippen molar-refractivity contribution in [3.63, 3.8) is 0 Å². The summed E-state index contributed by atoms with van der Waals surface area (Å²) < 4.78 is 42.2. The number of pyridine rings is 1. The molecule has 1 aromatic heterocycles. The average molecular weight is 489 g/mol. The maximum absolute atomic E-state index is 13.7. The van der Waals surface area contributed by atoms with Gasteiger partial charge in [0, 0.05) is 30.6 Å². The number of nitrogens with zero attached hydrogens (tertiary/aromatic N) is 3. The van der Waals surface area contributed by atoms with Crippen LogP contribution in [-0.4, -0.2) is 83.0 Å². The summed E-state index contributed by atoms with van der Waals surface area (Å²) in [4.78, 5) is 9.52. The first-order chi connectivity index (χ1) is 16.4. The largest absolute Gasteiger partial charge is 0.376 e. The SMILES string of the molecule is CN(C)C1CCCN(c2nc3ccccc3cc2S(=O)(=O)NC2CCC3(CC2)COCCO3)C1. The van der Waals surface area contributed by atoms with Gasteiger partial charge in [0.2, 0.25) is 10.0 Å². The quantitative estimate of drug-likeness (QED) is 0.693. The van der Waals surface area contributed by atoms with Crippen molar-refractivity contribution in [2.75, 3.05) is 51.9 Å². The smallest absolute Gasteiger partial charge is 0.244 e. The number of hydrogen-bond acceptors (Lipinski definition) is 7. The summed E-state index contributed by atoms with van der Waals surface area (Å²) in [6.07, 6.45) is 5.21. The monoisotopic (exact) mass is 488 g/mol. The number of ether oxygens (including phenoxy) is 2. The van der Waals surface area contributed by atoms with Gasteiger partial charge in [0.05, 0.1) is 30.9 Å². The Hall–Kier alpha value is -1.78. The van der Waals surface area contributed by atoms with E-state index >= 15 is 0 Å². The van der Waals surface area contributed by atoms with Crippen LogP contribution in [0.25, 0.3) is 10.9 Å². The van der Waals surface area contributed by atoms with E-state index in [4.69, 9.17) is 14.5 Å². The normalized spacial score (nSPS) is 28.6. The van der Waals surface area contributed by atoms with Gasteiger partial charge in [0.1, 0.15) is 10.7 Å². The molecule has 3 fully saturated rings. The van der Waals surface area contributed by atoms with Crippen LogP contribution in [0.15, 0.2) is 35.2 Å². The maximum atomic E-state index is 13.7. The molecule has 1 spiro atoms. The fourth-order valence-corrected chi connectivity index (χ4v) is 7.03. The Kier molecular flexibility index (Phi) is 6.83. The summed E-state index contributed by atoms with van der Waals surface area (Å²) in [5.74, 6) is 0.564. The van der Waals surface area contributed by atoms with Crippen molar-refractivity contribution in [2.24, 2.45) is 0 Å². The number of anilines is 1. The summed E-state index contributed by atoms with van der Waals surface area (Å²) in [7, 11) is 0.412. The summed E-state index contributed by atoms with van der Waals surface area (Å²) >= 11 is 0. The minimum atomic E-state index is -3.75. The van der Waals surface area contributed by atoms with Gasteiger partial charge >= 0.3 is 0 Å². The van der Waals surface area contributed by atoms with E-state index in [0.717, 1.165) is 62.5 Å². The number of fused-ring (bicyclic) bond motifs is 1. The second-order valence-electron chi connectivity index (χ2n) is 10.2. The number of para-hydroxylation sites is 1. The number of aromatic nitrogens is 1. The number of piperidine rings is 1. The van der Waals surface area contributed by atoms with Gasteiger partial charge in [-0.15, -0.1) is 0 Å². The molecule has 1 saturated carbocycles. The molecular weight excluding hydrogens is 452 g/mol. The number of benzene rings is 1. The Labute approximate surface area is 202 Å². The van der Waals surface area contributed by atoms with E-state index in [-0.39, 0.29) is 16.5 Å². The van der Waals surface area contributed by atoms with E-state index in [2.05, 4.69) is 28.6 Å². The van der Waals surface area contributed by atoms with Gasteiger partial charge < -0.3 is 19.3 Å². The van der Waals surface area contributed by atoms with Gasteiger partial charge in [-0.2, -0.15) is 0 Å². The van der Waals surface area contributed by atoms with Crippen LogP contribution >= 0.6 is 0 Å². The van der Waals surface area contributed by atoms with Crippen LogP contribution in [0.3, 0.4) is 0 Å². The van der Waals surface area contributed by atoms with Crippen molar-refractivity contribution in [2.45, 2.75) is 61.1 Å². The minimum absolute atomic E-state index is 0.114. The molecule has 1 N–H and O–H groups in total. The highest BCUT2D eigenvalue weighted by molar-refractivity contribution is 7.89. The molecule has 2 aliphatic heterocycles. The number of hydrogen-bond donors (Lipinski definition) is 1. The molecule has 1 aliphatic carbocycles. The molecule has 5 rings (SSSR count). The lowest BCUT2D eigenvalue weighted by Crippen LogP contribution is -2.50. The number of rotatable bonds is 5. The molecule has 3 heterocycles. The first-order valence-corrected chi connectivity index (χ1v) is 13.9. The standard InChI is InChI=1S/C25H36N4O4S/c1-28(2)21-7-5-13-29(17-21)24-23(16-19-6-3-4-8-22(19)26-24)34(30,31)27-20-9-11-25(12-10-20)18-32-14-15-33-25/h3-4,6,8,16,20-21,27H,5,7,9-15,17-18H2,1-2H3.